The average Bonchev–Trinajstić information content (AvgIpc) is 3.17. The van der Waals surface area contributed by atoms with Crippen LogP contribution in [0.2, 0.25) is 0 Å². The van der Waals surface area contributed by atoms with E-state index in [1.165, 1.54) is 0 Å². The van der Waals surface area contributed by atoms with E-state index < -0.39 is 0 Å². The maximum atomic E-state index is 8.69. The van der Waals surface area contributed by atoms with E-state index in [4.69, 9.17) is 14.7 Å². The van der Waals surface area contributed by atoms with Gasteiger partial charge in [0.25, 0.3) is 0 Å². The Hall–Kier alpha value is -2.98. The second kappa shape index (κ2) is 9.81. The van der Waals surface area contributed by atoms with Crippen molar-refractivity contribution in [2.24, 2.45) is 0 Å². The van der Waals surface area contributed by atoms with Crippen molar-refractivity contribution in [1.82, 2.24) is 14.8 Å². The van der Waals surface area contributed by atoms with Gasteiger partial charge in [-0.2, -0.15) is 5.26 Å². The number of nitriles is 1. The van der Waals surface area contributed by atoms with Gasteiger partial charge in [-0.15, -0.1) is 10.2 Å². The fourth-order valence-electron chi connectivity index (χ4n) is 2.75. The van der Waals surface area contributed by atoms with Crippen LogP contribution in [0.15, 0.2) is 53.7 Å². The largest absolute Gasteiger partial charge is 0.497 e. The SMILES string of the molecule is COc1ccc(-n2c(SCCCCC#N)nnc2-c2cccc(OC)c2)cc1. The first-order valence-corrected chi connectivity index (χ1v) is 9.99. The molecule has 0 spiro atoms. The molecule has 0 aliphatic heterocycles. The molecule has 0 amide bonds. The van der Waals surface area contributed by atoms with Crippen LogP contribution in [0, 0.1) is 11.3 Å². The van der Waals surface area contributed by atoms with Crippen LogP contribution in [0.5, 0.6) is 11.5 Å². The van der Waals surface area contributed by atoms with E-state index in [1.54, 1.807) is 26.0 Å². The molecule has 6 nitrogen and oxygen atoms in total. The molecular formula is C21H22N4O2S. The van der Waals surface area contributed by atoms with Crippen LogP contribution in [0.25, 0.3) is 17.1 Å². The van der Waals surface area contributed by atoms with Crippen molar-refractivity contribution in [2.75, 3.05) is 20.0 Å². The number of thioether (sulfide) groups is 1. The van der Waals surface area contributed by atoms with Gasteiger partial charge in [-0.05, 0) is 49.2 Å². The molecule has 0 saturated carbocycles. The quantitative estimate of drug-likeness (QED) is 0.386. The van der Waals surface area contributed by atoms with Gasteiger partial charge in [-0.25, -0.2) is 0 Å². The normalized spacial score (nSPS) is 10.5. The zero-order chi connectivity index (χ0) is 19.8. The van der Waals surface area contributed by atoms with Crippen molar-refractivity contribution in [2.45, 2.75) is 24.4 Å². The number of rotatable bonds is 9. The first kappa shape index (κ1) is 19.8. The number of nitrogens with zero attached hydrogens (tertiary/aromatic N) is 4. The first-order chi connectivity index (χ1) is 13.8. The fraction of sp³-hybridized carbons (Fsp3) is 0.286. The average molecular weight is 395 g/mol. The molecule has 144 valence electrons. The number of hydrogen-bond donors (Lipinski definition) is 0. The van der Waals surface area contributed by atoms with Crippen LogP contribution in [0.1, 0.15) is 19.3 Å². The number of aromatic nitrogens is 3. The summed E-state index contributed by atoms with van der Waals surface area (Å²) in [5.74, 6) is 3.20. The van der Waals surface area contributed by atoms with Gasteiger partial charge < -0.3 is 9.47 Å². The molecule has 28 heavy (non-hydrogen) atoms. The van der Waals surface area contributed by atoms with E-state index in [0.717, 1.165) is 52.3 Å². The first-order valence-electron chi connectivity index (χ1n) is 9.01. The van der Waals surface area contributed by atoms with Crippen LogP contribution >= 0.6 is 11.8 Å². The van der Waals surface area contributed by atoms with Crippen LogP contribution in [-0.2, 0) is 0 Å². The minimum absolute atomic E-state index is 0.584. The topological polar surface area (TPSA) is 73.0 Å². The van der Waals surface area contributed by atoms with Crippen LogP contribution in [0.4, 0.5) is 0 Å². The standard InChI is InChI=1S/C21H22N4O2S/c1-26-18-11-9-17(10-12-18)25-20(16-7-6-8-19(15-16)27-2)23-24-21(25)28-14-5-3-4-13-22/h6-12,15H,3-5,14H2,1-2H3. The van der Waals surface area contributed by atoms with Crippen molar-refractivity contribution in [1.29, 1.82) is 5.26 Å². The summed E-state index contributed by atoms with van der Waals surface area (Å²) in [5.41, 5.74) is 1.89. The number of ether oxygens (including phenoxy) is 2. The molecule has 0 bridgehead atoms. The van der Waals surface area contributed by atoms with Gasteiger partial charge in [-0.1, -0.05) is 23.9 Å². The van der Waals surface area contributed by atoms with Gasteiger partial charge in [0.05, 0.1) is 20.3 Å². The molecule has 0 aliphatic rings. The minimum Gasteiger partial charge on any atom is -0.497 e. The fourth-order valence-corrected chi connectivity index (χ4v) is 3.70. The summed E-state index contributed by atoms with van der Waals surface area (Å²) < 4.78 is 12.7. The summed E-state index contributed by atoms with van der Waals surface area (Å²) in [6.07, 6.45) is 2.44. The highest BCUT2D eigenvalue weighted by Gasteiger charge is 2.16. The predicted octanol–water partition coefficient (Wildman–Crippen LogP) is 4.74. The predicted molar refractivity (Wildman–Crippen MR) is 110 cm³/mol. The number of methoxy groups -OCH3 is 2. The Balaban J connectivity index is 1.95. The van der Waals surface area contributed by atoms with Crippen molar-refractivity contribution in [3.05, 3.63) is 48.5 Å². The molecule has 3 rings (SSSR count). The third-order valence-corrected chi connectivity index (χ3v) is 5.22. The Morgan fingerprint density at radius 3 is 2.50 bits per heavy atom. The molecule has 0 saturated heterocycles. The molecule has 1 heterocycles. The van der Waals surface area contributed by atoms with E-state index in [1.807, 2.05) is 53.1 Å². The Labute approximate surface area is 169 Å². The van der Waals surface area contributed by atoms with Gasteiger partial charge >= 0.3 is 0 Å². The Kier molecular flexibility index (Phi) is 6.93. The molecule has 7 heteroatoms. The van der Waals surface area contributed by atoms with E-state index in [9.17, 15) is 0 Å². The van der Waals surface area contributed by atoms with Gasteiger partial charge in [0.1, 0.15) is 11.5 Å². The molecule has 0 unspecified atom stereocenters. The van der Waals surface area contributed by atoms with Crippen LogP contribution < -0.4 is 9.47 Å². The third-order valence-electron chi connectivity index (χ3n) is 4.21. The lowest BCUT2D eigenvalue weighted by Crippen LogP contribution is -2.00. The minimum atomic E-state index is 0.584. The highest BCUT2D eigenvalue weighted by molar-refractivity contribution is 7.99. The molecule has 0 radical (unpaired) electrons. The van der Waals surface area contributed by atoms with Crippen molar-refractivity contribution in [3.63, 3.8) is 0 Å². The maximum Gasteiger partial charge on any atom is 0.196 e. The van der Waals surface area contributed by atoms with Crippen molar-refractivity contribution in [3.8, 4) is 34.6 Å². The molecule has 0 fully saturated rings. The second-order valence-corrected chi connectivity index (χ2v) is 7.10. The van der Waals surface area contributed by atoms with Crippen LogP contribution in [-0.4, -0.2) is 34.7 Å². The Bertz CT molecular complexity index is 948. The van der Waals surface area contributed by atoms with E-state index in [2.05, 4.69) is 16.3 Å². The van der Waals surface area contributed by atoms with Gasteiger partial charge in [0.15, 0.2) is 11.0 Å². The summed E-state index contributed by atoms with van der Waals surface area (Å²) in [4.78, 5) is 0. The Morgan fingerprint density at radius 2 is 1.79 bits per heavy atom. The molecule has 3 aromatic rings. The summed E-state index contributed by atoms with van der Waals surface area (Å²) >= 11 is 1.65. The molecule has 0 atom stereocenters. The lowest BCUT2D eigenvalue weighted by molar-refractivity contribution is 0.414. The number of benzene rings is 2. The van der Waals surface area contributed by atoms with Gasteiger partial charge in [0, 0.05) is 23.4 Å². The van der Waals surface area contributed by atoms with E-state index in [0.29, 0.717) is 6.42 Å². The number of unbranched alkanes of at least 4 members (excludes halogenated alkanes) is 2. The van der Waals surface area contributed by atoms with Crippen LogP contribution in [0.3, 0.4) is 0 Å². The lowest BCUT2D eigenvalue weighted by Gasteiger charge is -2.11. The lowest BCUT2D eigenvalue weighted by atomic mass is 10.2. The van der Waals surface area contributed by atoms with E-state index >= 15 is 0 Å². The highest BCUT2D eigenvalue weighted by Crippen LogP contribution is 2.30. The summed E-state index contributed by atoms with van der Waals surface area (Å²) in [5, 5.41) is 18.4. The van der Waals surface area contributed by atoms with Crippen molar-refractivity contribution < 1.29 is 9.47 Å². The highest BCUT2D eigenvalue weighted by atomic mass is 32.2. The van der Waals surface area contributed by atoms with Crippen molar-refractivity contribution >= 4 is 11.8 Å². The maximum absolute atomic E-state index is 8.69. The molecule has 0 aliphatic carbocycles. The summed E-state index contributed by atoms with van der Waals surface area (Å²) in [6.45, 7) is 0. The molecule has 0 N–H and O–H groups in total. The smallest absolute Gasteiger partial charge is 0.196 e. The summed E-state index contributed by atoms with van der Waals surface area (Å²) in [7, 11) is 3.30. The van der Waals surface area contributed by atoms with Gasteiger partial charge in [0.2, 0.25) is 0 Å². The van der Waals surface area contributed by atoms with Gasteiger partial charge in [-0.3, -0.25) is 4.57 Å². The second-order valence-electron chi connectivity index (χ2n) is 6.04. The molecule has 1 aromatic heterocycles. The third kappa shape index (κ3) is 4.65. The summed E-state index contributed by atoms with van der Waals surface area (Å²) in [6, 6.07) is 17.8. The molecule has 2 aromatic carbocycles. The number of hydrogen-bond acceptors (Lipinski definition) is 6. The monoisotopic (exact) mass is 394 g/mol. The zero-order valence-electron chi connectivity index (χ0n) is 16.0. The zero-order valence-corrected chi connectivity index (χ0v) is 16.8. The molecular weight excluding hydrogens is 372 g/mol. The van der Waals surface area contributed by atoms with E-state index in [-0.39, 0.29) is 0 Å². The Morgan fingerprint density at radius 1 is 1.00 bits per heavy atom.